The van der Waals surface area contributed by atoms with E-state index in [2.05, 4.69) is 5.32 Å². The van der Waals surface area contributed by atoms with E-state index in [-0.39, 0.29) is 29.1 Å². The van der Waals surface area contributed by atoms with E-state index in [1.54, 1.807) is 42.5 Å². The highest BCUT2D eigenvalue weighted by molar-refractivity contribution is 7.92. The van der Waals surface area contributed by atoms with E-state index in [0.717, 1.165) is 41.1 Å². The van der Waals surface area contributed by atoms with E-state index in [1.165, 1.54) is 24.1 Å². The fourth-order valence-corrected chi connectivity index (χ4v) is 6.77. The smallest absolute Gasteiger partial charge is 0.264 e. The average Bonchev–Trinajstić information content (AvgIpc) is 3.50. The van der Waals surface area contributed by atoms with Gasteiger partial charge in [0.05, 0.1) is 17.7 Å². The van der Waals surface area contributed by atoms with Gasteiger partial charge in [0.1, 0.15) is 18.3 Å². The van der Waals surface area contributed by atoms with Gasteiger partial charge in [-0.3, -0.25) is 13.9 Å². The van der Waals surface area contributed by atoms with Crippen molar-refractivity contribution in [2.75, 3.05) is 18.0 Å². The van der Waals surface area contributed by atoms with Crippen LogP contribution in [-0.2, 0) is 26.2 Å². The van der Waals surface area contributed by atoms with Gasteiger partial charge in [0.15, 0.2) is 0 Å². The van der Waals surface area contributed by atoms with E-state index in [9.17, 15) is 18.0 Å². The van der Waals surface area contributed by atoms with E-state index < -0.39 is 28.5 Å². The largest absolute Gasteiger partial charge is 0.495 e. The first-order valence-electron chi connectivity index (χ1n) is 14.1. The van der Waals surface area contributed by atoms with Gasteiger partial charge < -0.3 is 15.0 Å². The van der Waals surface area contributed by atoms with E-state index in [0.29, 0.717) is 12.2 Å². The lowest BCUT2D eigenvalue weighted by Crippen LogP contribution is -2.53. The average molecular weight is 578 g/mol. The monoisotopic (exact) mass is 577 g/mol. The Morgan fingerprint density at radius 2 is 1.59 bits per heavy atom. The van der Waals surface area contributed by atoms with Crippen molar-refractivity contribution < 1.29 is 22.7 Å². The molecule has 1 saturated carbocycles. The number of carbonyl (C=O) groups is 2. The van der Waals surface area contributed by atoms with Crippen molar-refractivity contribution in [3.05, 3.63) is 90.0 Å². The first-order chi connectivity index (χ1) is 19.8. The summed E-state index contributed by atoms with van der Waals surface area (Å²) >= 11 is 0. The maximum Gasteiger partial charge on any atom is 0.264 e. The first kappa shape index (κ1) is 30.1. The zero-order chi connectivity index (χ0) is 29.4. The van der Waals surface area contributed by atoms with Crippen molar-refractivity contribution in [3.8, 4) is 5.75 Å². The molecule has 218 valence electrons. The molecule has 8 nitrogen and oxygen atoms in total. The lowest BCUT2D eigenvalue weighted by atomic mass is 10.1. The molecule has 0 aromatic heterocycles. The number of methoxy groups -OCH3 is 1. The summed E-state index contributed by atoms with van der Waals surface area (Å²) in [5.41, 5.74) is 2.11. The second kappa shape index (κ2) is 13.7. The number of amides is 2. The third-order valence-corrected chi connectivity index (χ3v) is 9.43. The predicted molar refractivity (Wildman–Crippen MR) is 160 cm³/mol. The van der Waals surface area contributed by atoms with Crippen LogP contribution in [0.3, 0.4) is 0 Å². The third-order valence-electron chi connectivity index (χ3n) is 7.65. The molecule has 1 aliphatic carbocycles. The summed E-state index contributed by atoms with van der Waals surface area (Å²) in [5, 5.41) is 3.14. The van der Waals surface area contributed by atoms with Crippen LogP contribution in [-0.4, -0.2) is 50.9 Å². The summed E-state index contributed by atoms with van der Waals surface area (Å²) in [7, 11) is -2.71. The highest BCUT2D eigenvalue weighted by Gasteiger charge is 2.35. The van der Waals surface area contributed by atoms with Gasteiger partial charge in [-0.25, -0.2) is 8.42 Å². The molecule has 1 N–H and O–H groups in total. The molecule has 0 spiro atoms. The molecule has 3 aromatic carbocycles. The molecule has 0 aliphatic heterocycles. The summed E-state index contributed by atoms with van der Waals surface area (Å²) in [6.07, 6.45) is 4.36. The van der Waals surface area contributed by atoms with Gasteiger partial charge >= 0.3 is 0 Å². The van der Waals surface area contributed by atoms with Gasteiger partial charge in [-0.1, -0.05) is 74.4 Å². The summed E-state index contributed by atoms with van der Waals surface area (Å²) in [6, 6.07) is 21.7. The molecular formula is C32H39N3O5S. The van der Waals surface area contributed by atoms with Crippen molar-refractivity contribution in [1.82, 2.24) is 10.2 Å². The molecule has 0 unspecified atom stereocenters. The first-order valence-corrected chi connectivity index (χ1v) is 15.6. The molecule has 1 fully saturated rings. The summed E-state index contributed by atoms with van der Waals surface area (Å²) in [5.74, 6) is -0.376. The van der Waals surface area contributed by atoms with Crippen LogP contribution in [0.15, 0.2) is 83.8 Å². The molecule has 41 heavy (non-hydrogen) atoms. The number of carbonyl (C=O) groups excluding carboxylic acids is 2. The molecule has 4 rings (SSSR count). The number of anilines is 1. The second-order valence-electron chi connectivity index (χ2n) is 10.4. The topological polar surface area (TPSA) is 96.0 Å². The Hall–Kier alpha value is -3.85. The molecule has 0 radical (unpaired) electrons. The number of nitrogens with zero attached hydrogens (tertiary/aromatic N) is 2. The van der Waals surface area contributed by atoms with Crippen LogP contribution in [0.1, 0.15) is 50.2 Å². The van der Waals surface area contributed by atoms with Crippen molar-refractivity contribution >= 4 is 27.5 Å². The van der Waals surface area contributed by atoms with Crippen molar-refractivity contribution in [1.29, 1.82) is 0 Å². The lowest BCUT2D eigenvalue weighted by molar-refractivity contribution is -0.140. The lowest BCUT2D eigenvalue weighted by Gasteiger charge is -2.34. The number of hydrogen-bond acceptors (Lipinski definition) is 5. The Bertz CT molecular complexity index is 1440. The van der Waals surface area contributed by atoms with Crippen molar-refractivity contribution in [2.45, 2.75) is 69.5 Å². The van der Waals surface area contributed by atoms with E-state index >= 15 is 0 Å². The van der Waals surface area contributed by atoms with Crippen molar-refractivity contribution in [2.24, 2.45) is 0 Å². The highest BCUT2D eigenvalue weighted by Crippen LogP contribution is 2.32. The molecule has 0 saturated heterocycles. The number of hydrogen-bond donors (Lipinski definition) is 1. The Labute approximate surface area is 243 Å². The number of aryl methyl sites for hydroxylation is 1. The molecule has 1 aliphatic rings. The minimum atomic E-state index is -4.16. The van der Waals surface area contributed by atoms with E-state index in [1.807, 2.05) is 38.1 Å². The Kier molecular flexibility index (Phi) is 10.0. The minimum Gasteiger partial charge on any atom is -0.495 e. The third kappa shape index (κ3) is 7.08. The summed E-state index contributed by atoms with van der Waals surface area (Å²) in [4.78, 5) is 29.4. The second-order valence-corrected chi connectivity index (χ2v) is 12.2. The molecule has 9 heteroatoms. The number of ether oxygens (including phenoxy) is 1. The SMILES string of the molecule is CC[C@@H](C(=O)NC1CCCC1)N(Cc1ccccc1C)C(=O)CN(c1ccccc1OC)S(=O)(=O)c1ccccc1. The molecule has 2 amide bonds. The van der Waals surface area contributed by atoms with Crippen LogP contribution in [0.2, 0.25) is 0 Å². The van der Waals surface area contributed by atoms with Crippen LogP contribution in [0.5, 0.6) is 5.75 Å². The number of benzene rings is 3. The summed E-state index contributed by atoms with van der Waals surface area (Å²) in [6.45, 7) is 3.50. The molecule has 1 atom stereocenters. The number of nitrogens with one attached hydrogen (secondary N) is 1. The molecule has 0 heterocycles. The number of sulfonamides is 1. The van der Waals surface area contributed by atoms with Crippen molar-refractivity contribution in [3.63, 3.8) is 0 Å². The van der Waals surface area contributed by atoms with Crippen LogP contribution < -0.4 is 14.4 Å². The fraction of sp³-hybridized carbons (Fsp3) is 0.375. The van der Waals surface area contributed by atoms with Crippen LogP contribution in [0.4, 0.5) is 5.69 Å². The van der Waals surface area contributed by atoms with Gasteiger partial charge in [0.25, 0.3) is 10.0 Å². The van der Waals surface area contributed by atoms with Crippen LogP contribution >= 0.6 is 0 Å². The standard InChI is InChI=1S/C32H39N3O5S/c1-4-28(32(37)33-26-16-10-11-17-26)34(22-25-15-9-8-14-24(25)2)31(36)23-35(29-20-12-13-21-30(29)40-3)41(38,39)27-18-6-5-7-19-27/h5-9,12-15,18-21,26,28H,4,10-11,16-17,22-23H2,1-3H3,(H,33,37)/t28-/m0/s1. The summed E-state index contributed by atoms with van der Waals surface area (Å²) < 4.78 is 34.6. The number of para-hydroxylation sites is 2. The highest BCUT2D eigenvalue weighted by atomic mass is 32.2. The quantitative estimate of drug-likeness (QED) is 0.325. The number of rotatable bonds is 12. The van der Waals surface area contributed by atoms with Gasteiger partial charge in [-0.2, -0.15) is 0 Å². The zero-order valence-electron chi connectivity index (χ0n) is 24.0. The minimum absolute atomic E-state index is 0.0511. The normalized spacial score (nSPS) is 14.3. The van der Waals surface area contributed by atoms with Gasteiger partial charge in [-0.15, -0.1) is 0 Å². The van der Waals surface area contributed by atoms with Gasteiger partial charge in [-0.05, 0) is 61.6 Å². The van der Waals surface area contributed by atoms with Crippen LogP contribution in [0, 0.1) is 6.92 Å². The Morgan fingerprint density at radius 1 is 0.951 bits per heavy atom. The maximum absolute atomic E-state index is 14.3. The van der Waals surface area contributed by atoms with Gasteiger partial charge in [0.2, 0.25) is 11.8 Å². The zero-order valence-corrected chi connectivity index (χ0v) is 24.8. The molecule has 0 bridgehead atoms. The van der Waals surface area contributed by atoms with E-state index in [4.69, 9.17) is 4.74 Å². The van der Waals surface area contributed by atoms with Gasteiger partial charge in [0, 0.05) is 12.6 Å². The fourth-order valence-electron chi connectivity index (χ4n) is 5.33. The Morgan fingerprint density at radius 3 is 2.24 bits per heavy atom. The maximum atomic E-state index is 14.3. The Balaban J connectivity index is 1.74. The molecule has 3 aromatic rings. The predicted octanol–water partition coefficient (Wildman–Crippen LogP) is 5.07. The molecular weight excluding hydrogens is 538 g/mol. The van der Waals surface area contributed by atoms with Crippen LogP contribution in [0.25, 0.3) is 0 Å².